The lowest BCUT2D eigenvalue weighted by molar-refractivity contribution is -0.118. The summed E-state index contributed by atoms with van der Waals surface area (Å²) in [5.74, 6) is 1.36. The van der Waals surface area contributed by atoms with Crippen LogP contribution >= 0.6 is 11.8 Å². The van der Waals surface area contributed by atoms with Gasteiger partial charge in [0.05, 0.1) is 22.0 Å². The van der Waals surface area contributed by atoms with Crippen molar-refractivity contribution in [2.75, 3.05) is 12.3 Å². The number of aromatic amines is 1. The molecular weight excluding hydrogens is 320 g/mol. The standard InChI is InChI=1S/C18H20N4OS/c1-13(18-21-15-7-2-3-8-16(15)22-18)24-12-17(23)20-11-9-14-6-4-5-10-19-14/h2-8,10,13H,9,11-12H2,1H3,(H,20,23)(H,21,22)/t13-/m1/s1. The van der Waals surface area contributed by atoms with Crippen LogP contribution in [0.1, 0.15) is 23.7 Å². The number of benzene rings is 1. The molecule has 2 N–H and O–H groups in total. The van der Waals surface area contributed by atoms with Crippen LogP contribution in [-0.2, 0) is 11.2 Å². The summed E-state index contributed by atoms with van der Waals surface area (Å²) in [7, 11) is 0. The van der Waals surface area contributed by atoms with Gasteiger partial charge < -0.3 is 10.3 Å². The Morgan fingerprint density at radius 1 is 1.25 bits per heavy atom. The lowest BCUT2D eigenvalue weighted by Crippen LogP contribution is -2.27. The fraction of sp³-hybridized carbons (Fsp3) is 0.278. The molecule has 124 valence electrons. The predicted octanol–water partition coefficient (Wildman–Crippen LogP) is 3.11. The Bertz CT molecular complexity index is 770. The van der Waals surface area contributed by atoms with Gasteiger partial charge in [0.1, 0.15) is 5.82 Å². The van der Waals surface area contributed by atoms with E-state index in [0.29, 0.717) is 12.3 Å². The number of nitrogens with one attached hydrogen (secondary N) is 2. The minimum Gasteiger partial charge on any atom is -0.355 e. The second kappa shape index (κ2) is 7.97. The van der Waals surface area contributed by atoms with Crippen molar-refractivity contribution in [3.63, 3.8) is 0 Å². The first-order valence-electron chi connectivity index (χ1n) is 7.95. The number of pyridine rings is 1. The van der Waals surface area contributed by atoms with Crippen molar-refractivity contribution in [3.05, 3.63) is 60.2 Å². The maximum absolute atomic E-state index is 12.0. The number of imidazole rings is 1. The molecule has 3 aromatic rings. The van der Waals surface area contributed by atoms with Gasteiger partial charge in [-0.15, -0.1) is 11.8 Å². The van der Waals surface area contributed by atoms with Crippen LogP contribution in [0.3, 0.4) is 0 Å². The number of nitrogens with zero attached hydrogens (tertiary/aromatic N) is 2. The molecule has 0 bridgehead atoms. The van der Waals surface area contributed by atoms with Crippen LogP contribution in [0, 0.1) is 0 Å². The number of rotatable bonds is 7. The number of amides is 1. The quantitative estimate of drug-likeness (QED) is 0.693. The smallest absolute Gasteiger partial charge is 0.230 e. The maximum Gasteiger partial charge on any atom is 0.230 e. The van der Waals surface area contributed by atoms with Crippen molar-refractivity contribution in [3.8, 4) is 0 Å². The SMILES string of the molecule is C[C@@H](SCC(=O)NCCc1ccccn1)c1nc2ccccc2[nH]1. The third kappa shape index (κ3) is 4.35. The number of para-hydroxylation sites is 2. The molecule has 5 nitrogen and oxygen atoms in total. The van der Waals surface area contributed by atoms with Gasteiger partial charge in [-0.25, -0.2) is 4.98 Å². The van der Waals surface area contributed by atoms with Crippen molar-refractivity contribution in [1.29, 1.82) is 0 Å². The van der Waals surface area contributed by atoms with E-state index in [1.54, 1.807) is 18.0 Å². The highest BCUT2D eigenvalue weighted by Crippen LogP contribution is 2.27. The predicted molar refractivity (Wildman–Crippen MR) is 97.9 cm³/mol. The van der Waals surface area contributed by atoms with E-state index in [0.717, 1.165) is 29.0 Å². The summed E-state index contributed by atoms with van der Waals surface area (Å²) < 4.78 is 0. The molecule has 2 aromatic heterocycles. The zero-order valence-electron chi connectivity index (χ0n) is 13.5. The van der Waals surface area contributed by atoms with E-state index in [1.807, 2.05) is 42.5 Å². The summed E-state index contributed by atoms with van der Waals surface area (Å²) in [5, 5.41) is 3.07. The number of hydrogen-bond donors (Lipinski definition) is 2. The Morgan fingerprint density at radius 2 is 2.08 bits per heavy atom. The molecule has 0 fully saturated rings. The molecular formula is C18H20N4OS. The average molecular weight is 340 g/mol. The molecule has 0 saturated carbocycles. The van der Waals surface area contributed by atoms with Gasteiger partial charge >= 0.3 is 0 Å². The van der Waals surface area contributed by atoms with Crippen molar-refractivity contribution in [1.82, 2.24) is 20.3 Å². The van der Waals surface area contributed by atoms with Crippen molar-refractivity contribution >= 4 is 28.7 Å². The number of carbonyl (C=O) groups is 1. The molecule has 0 saturated heterocycles. The Labute approximate surface area is 145 Å². The van der Waals surface area contributed by atoms with Gasteiger partial charge in [0.15, 0.2) is 0 Å². The first-order chi connectivity index (χ1) is 11.7. The largest absolute Gasteiger partial charge is 0.355 e. The third-order valence-corrected chi connectivity index (χ3v) is 4.84. The molecule has 0 radical (unpaired) electrons. The molecule has 1 atom stereocenters. The molecule has 0 aliphatic heterocycles. The highest BCUT2D eigenvalue weighted by Gasteiger charge is 2.13. The molecule has 0 aliphatic rings. The summed E-state index contributed by atoms with van der Waals surface area (Å²) in [6.07, 6.45) is 2.51. The van der Waals surface area contributed by atoms with Gasteiger partial charge in [0.2, 0.25) is 5.91 Å². The van der Waals surface area contributed by atoms with Gasteiger partial charge in [-0.3, -0.25) is 9.78 Å². The third-order valence-electron chi connectivity index (χ3n) is 3.69. The molecule has 2 heterocycles. The molecule has 0 unspecified atom stereocenters. The lowest BCUT2D eigenvalue weighted by Gasteiger charge is -2.09. The maximum atomic E-state index is 12.0. The molecule has 3 rings (SSSR count). The van der Waals surface area contributed by atoms with Gasteiger partial charge in [-0.05, 0) is 31.2 Å². The van der Waals surface area contributed by atoms with Crippen molar-refractivity contribution in [2.45, 2.75) is 18.6 Å². The number of carbonyl (C=O) groups excluding carboxylic acids is 1. The highest BCUT2D eigenvalue weighted by molar-refractivity contribution is 8.00. The second-order valence-corrected chi connectivity index (χ2v) is 6.84. The number of aromatic nitrogens is 3. The summed E-state index contributed by atoms with van der Waals surface area (Å²) in [6, 6.07) is 13.7. The Balaban J connectivity index is 1.43. The zero-order chi connectivity index (χ0) is 16.8. The minimum atomic E-state index is 0.0406. The van der Waals surface area contributed by atoms with E-state index < -0.39 is 0 Å². The van der Waals surface area contributed by atoms with Crippen molar-refractivity contribution < 1.29 is 4.79 Å². The first-order valence-corrected chi connectivity index (χ1v) is 9.00. The Hall–Kier alpha value is -2.34. The van der Waals surface area contributed by atoms with Gasteiger partial charge in [-0.2, -0.15) is 0 Å². The van der Waals surface area contributed by atoms with E-state index >= 15 is 0 Å². The number of thioether (sulfide) groups is 1. The Kier molecular flexibility index (Phi) is 5.48. The van der Waals surface area contributed by atoms with Crippen LogP contribution in [0.5, 0.6) is 0 Å². The minimum absolute atomic E-state index is 0.0406. The van der Waals surface area contributed by atoms with Crippen LogP contribution in [0.2, 0.25) is 0 Å². The molecule has 24 heavy (non-hydrogen) atoms. The fourth-order valence-electron chi connectivity index (χ4n) is 2.37. The molecule has 6 heteroatoms. The normalized spacial score (nSPS) is 12.2. The van der Waals surface area contributed by atoms with Crippen LogP contribution in [0.4, 0.5) is 0 Å². The number of hydrogen-bond acceptors (Lipinski definition) is 4. The highest BCUT2D eigenvalue weighted by atomic mass is 32.2. The molecule has 0 spiro atoms. The Morgan fingerprint density at radius 3 is 2.88 bits per heavy atom. The van der Waals surface area contributed by atoms with Crippen LogP contribution in [0.25, 0.3) is 11.0 Å². The molecule has 1 aromatic carbocycles. The van der Waals surface area contributed by atoms with E-state index in [2.05, 4.69) is 27.2 Å². The van der Waals surface area contributed by atoms with Crippen LogP contribution < -0.4 is 5.32 Å². The first kappa shape index (κ1) is 16.5. The van der Waals surface area contributed by atoms with Gasteiger partial charge in [0, 0.05) is 24.9 Å². The average Bonchev–Trinajstić information content (AvgIpc) is 3.05. The monoisotopic (exact) mass is 340 g/mol. The van der Waals surface area contributed by atoms with Crippen LogP contribution in [-0.4, -0.2) is 33.2 Å². The lowest BCUT2D eigenvalue weighted by atomic mass is 10.3. The summed E-state index contributed by atoms with van der Waals surface area (Å²) in [6.45, 7) is 2.67. The van der Waals surface area contributed by atoms with Crippen molar-refractivity contribution in [2.24, 2.45) is 0 Å². The second-order valence-electron chi connectivity index (χ2n) is 5.51. The topological polar surface area (TPSA) is 70.7 Å². The number of H-pyrrole nitrogens is 1. The zero-order valence-corrected chi connectivity index (χ0v) is 14.3. The van der Waals surface area contributed by atoms with E-state index in [4.69, 9.17) is 0 Å². The van der Waals surface area contributed by atoms with E-state index in [-0.39, 0.29) is 11.2 Å². The number of fused-ring (bicyclic) bond motifs is 1. The van der Waals surface area contributed by atoms with Gasteiger partial charge in [-0.1, -0.05) is 18.2 Å². The van der Waals surface area contributed by atoms with Gasteiger partial charge in [0.25, 0.3) is 0 Å². The molecule has 1 amide bonds. The summed E-state index contributed by atoms with van der Waals surface area (Å²) in [5.41, 5.74) is 2.97. The summed E-state index contributed by atoms with van der Waals surface area (Å²) >= 11 is 1.58. The summed E-state index contributed by atoms with van der Waals surface area (Å²) in [4.78, 5) is 24.1. The fourth-order valence-corrected chi connectivity index (χ4v) is 3.14. The van der Waals surface area contributed by atoms with E-state index in [1.165, 1.54) is 0 Å². The van der Waals surface area contributed by atoms with Crippen LogP contribution in [0.15, 0.2) is 48.7 Å². The van der Waals surface area contributed by atoms with E-state index in [9.17, 15) is 4.79 Å². The molecule has 0 aliphatic carbocycles.